The molecule has 0 aromatic heterocycles. The SMILES string of the molecule is CNCc1ccc(Br)cc1N(C)C(C)c1ccc(Cl)cc1. The van der Waals surface area contributed by atoms with Gasteiger partial charge >= 0.3 is 0 Å². The Morgan fingerprint density at radius 1 is 1.19 bits per heavy atom. The maximum Gasteiger partial charge on any atom is 0.0511 e. The first-order valence-electron chi connectivity index (χ1n) is 6.94. The van der Waals surface area contributed by atoms with E-state index in [2.05, 4.69) is 70.4 Å². The van der Waals surface area contributed by atoms with Crippen LogP contribution in [0.3, 0.4) is 0 Å². The highest BCUT2D eigenvalue weighted by molar-refractivity contribution is 9.10. The van der Waals surface area contributed by atoms with Gasteiger partial charge < -0.3 is 10.2 Å². The normalized spacial score (nSPS) is 12.2. The third-order valence-corrected chi connectivity index (χ3v) is 4.47. The smallest absolute Gasteiger partial charge is 0.0511 e. The van der Waals surface area contributed by atoms with Crippen LogP contribution in [0.2, 0.25) is 5.02 Å². The number of anilines is 1. The molecule has 2 rings (SSSR count). The molecule has 0 radical (unpaired) electrons. The second kappa shape index (κ2) is 7.30. The number of hydrogen-bond acceptors (Lipinski definition) is 2. The van der Waals surface area contributed by atoms with Gasteiger partial charge in [0.15, 0.2) is 0 Å². The zero-order valence-electron chi connectivity index (χ0n) is 12.5. The zero-order chi connectivity index (χ0) is 15.4. The molecular formula is C17H20BrClN2. The van der Waals surface area contributed by atoms with Gasteiger partial charge in [-0.15, -0.1) is 0 Å². The minimum absolute atomic E-state index is 0.271. The molecule has 0 aliphatic carbocycles. The Labute approximate surface area is 140 Å². The first kappa shape index (κ1) is 16.3. The molecule has 0 saturated heterocycles. The summed E-state index contributed by atoms with van der Waals surface area (Å²) in [7, 11) is 4.09. The van der Waals surface area contributed by atoms with Crippen LogP contribution in [0.4, 0.5) is 5.69 Å². The summed E-state index contributed by atoms with van der Waals surface area (Å²) in [5, 5.41) is 4.00. The van der Waals surface area contributed by atoms with Gasteiger partial charge in [-0.2, -0.15) is 0 Å². The molecule has 1 unspecified atom stereocenters. The first-order chi connectivity index (χ1) is 10.0. The van der Waals surface area contributed by atoms with E-state index in [1.54, 1.807) is 0 Å². The fraction of sp³-hybridized carbons (Fsp3) is 0.294. The van der Waals surface area contributed by atoms with Gasteiger partial charge in [0.25, 0.3) is 0 Å². The largest absolute Gasteiger partial charge is 0.368 e. The van der Waals surface area contributed by atoms with Gasteiger partial charge in [-0.25, -0.2) is 0 Å². The second-order valence-electron chi connectivity index (χ2n) is 5.14. The molecule has 2 nitrogen and oxygen atoms in total. The quantitative estimate of drug-likeness (QED) is 0.798. The molecule has 2 aromatic carbocycles. The van der Waals surface area contributed by atoms with E-state index in [4.69, 9.17) is 11.6 Å². The highest BCUT2D eigenvalue weighted by Gasteiger charge is 2.15. The third-order valence-electron chi connectivity index (χ3n) is 3.73. The molecule has 112 valence electrons. The van der Waals surface area contributed by atoms with Crippen molar-refractivity contribution < 1.29 is 0 Å². The van der Waals surface area contributed by atoms with E-state index in [-0.39, 0.29) is 6.04 Å². The molecule has 0 saturated carbocycles. The molecule has 0 fully saturated rings. The Morgan fingerprint density at radius 3 is 2.48 bits per heavy atom. The van der Waals surface area contributed by atoms with Crippen LogP contribution >= 0.6 is 27.5 Å². The van der Waals surface area contributed by atoms with E-state index in [9.17, 15) is 0 Å². The molecule has 1 atom stereocenters. The van der Waals surface area contributed by atoms with Crippen LogP contribution in [0.5, 0.6) is 0 Å². The molecular weight excluding hydrogens is 348 g/mol. The number of rotatable bonds is 5. The minimum atomic E-state index is 0.271. The van der Waals surface area contributed by atoms with Crippen molar-refractivity contribution in [2.45, 2.75) is 19.5 Å². The van der Waals surface area contributed by atoms with Crippen molar-refractivity contribution in [2.24, 2.45) is 0 Å². The predicted molar refractivity (Wildman–Crippen MR) is 95.2 cm³/mol. The lowest BCUT2D eigenvalue weighted by atomic mass is 10.1. The third kappa shape index (κ3) is 4.00. The summed E-state index contributed by atoms with van der Waals surface area (Å²) in [4.78, 5) is 2.29. The minimum Gasteiger partial charge on any atom is -0.368 e. The van der Waals surface area contributed by atoms with Crippen molar-refractivity contribution in [3.05, 3.63) is 63.1 Å². The van der Waals surface area contributed by atoms with E-state index >= 15 is 0 Å². The molecule has 0 heterocycles. The summed E-state index contributed by atoms with van der Waals surface area (Å²) in [6, 6.07) is 14.7. The Bertz CT molecular complexity index is 598. The molecule has 1 N–H and O–H groups in total. The molecule has 0 spiro atoms. The summed E-state index contributed by atoms with van der Waals surface area (Å²) in [6.45, 7) is 3.05. The van der Waals surface area contributed by atoms with Crippen LogP contribution in [0.15, 0.2) is 46.9 Å². The van der Waals surface area contributed by atoms with Crippen molar-refractivity contribution in [2.75, 3.05) is 19.0 Å². The maximum atomic E-state index is 5.97. The van der Waals surface area contributed by atoms with Gasteiger partial charge in [0.2, 0.25) is 0 Å². The summed E-state index contributed by atoms with van der Waals surface area (Å²) in [5.41, 5.74) is 3.75. The van der Waals surface area contributed by atoms with Gasteiger partial charge in [0.05, 0.1) is 6.04 Å². The molecule has 2 aromatic rings. The fourth-order valence-electron chi connectivity index (χ4n) is 2.38. The van der Waals surface area contributed by atoms with Crippen LogP contribution in [0.25, 0.3) is 0 Å². The van der Waals surface area contributed by atoms with E-state index in [0.29, 0.717) is 0 Å². The number of nitrogens with one attached hydrogen (secondary N) is 1. The number of benzene rings is 2. The molecule has 0 bridgehead atoms. The van der Waals surface area contributed by atoms with Crippen LogP contribution in [0, 0.1) is 0 Å². The number of hydrogen-bond donors (Lipinski definition) is 1. The lowest BCUT2D eigenvalue weighted by Gasteiger charge is -2.29. The maximum absolute atomic E-state index is 5.97. The van der Waals surface area contributed by atoms with Gasteiger partial charge in [0.1, 0.15) is 0 Å². The standard InChI is InChI=1S/C17H20BrClN2/c1-12(13-5-8-16(19)9-6-13)21(3)17-10-15(18)7-4-14(17)11-20-2/h4-10,12,20H,11H2,1-3H3. The van der Waals surface area contributed by atoms with Gasteiger partial charge in [0, 0.05) is 28.8 Å². The lowest BCUT2D eigenvalue weighted by molar-refractivity contribution is 0.726. The summed E-state index contributed by atoms with van der Waals surface area (Å²) in [5.74, 6) is 0. The van der Waals surface area contributed by atoms with E-state index in [1.807, 2.05) is 19.2 Å². The van der Waals surface area contributed by atoms with E-state index < -0.39 is 0 Å². The van der Waals surface area contributed by atoms with Crippen LogP contribution in [-0.4, -0.2) is 14.1 Å². The van der Waals surface area contributed by atoms with Crippen molar-refractivity contribution in [1.29, 1.82) is 0 Å². The summed E-state index contributed by atoms with van der Waals surface area (Å²) < 4.78 is 1.09. The average Bonchev–Trinajstić information content (AvgIpc) is 2.48. The van der Waals surface area contributed by atoms with Crippen molar-refractivity contribution in [3.8, 4) is 0 Å². The van der Waals surface area contributed by atoms with Crippen LogP contribution in [0.1, 0.15) is 24.1 Å². The Balaban J connectivity index is 2.32. The highest BCUT2D eigenvalue weighted by atomic mass is 79.9. The molecule has 0 aliphatic rings. The fourth-order valence-corrected chi connectivity index (χ4v) is 2.85. The van der Waals surface area contributed by atoms with Crippen molar-refractivity contribution >= 4 is 33.2 Å². The second-order valence-corrected chi connectivity index (χ2v) is 6.49. The van der Waals surface area contributed by atoms with Gasteiger partial charge in [-0.1, -0.05) is 45.7 Å². The monoisotopic (exact) mass is 366 g/mol. The lowest BCUT2D eigenvalue weighted by Crippen LogP contribution is -2.23. The number of nitrogens with zero attached hydrogens (tertiary/aromatic N) is 1. The average molecular weight is 368 g/mol. The van der Waals surface area contributed by atoms with Crippen molar-refractivity contribution in [3.63, 3.8) is 0 Å². The molecule has 21 heavy (non-hydrogen) atoms. The predicted octanol–water partition coefficient (Wildman–Crippen LogP) is 5.02. The van der Waals surface area contributed by atoms with E-state index in [1.165, 1.54) is 16.8 Å². The highest BCUT2D eigenvalue weighted by Crippen LogP contribution is 2.31. The molecule has 4 heteroatoms. The Morgan fingerprint density at radius 2 is 1.86 bits per heavy atom. The first-order valence-corrected chi connectivity index (χ1v) is 8.11. The van der Waals surface area contributed by atoms with Gasteiger partial charge in [-0.3, -0.25) is 0 Å². The molecule has 0 aliphatic heterocycles. The zero-order valence-corrected chi connectivity index (χ0v) is 14.9. The topological polar surface area (TPSA) is 15.3 Å². The molecule has 0 amide bonds. The Hall–Kier alpha value is -1.03. The van der Waals surface area contributed by atoms with Crippen LogP contribution in [-0.2, 0) is 6.54 Å². The summed E-state index contributed by atoms with van der Waals surface area (Å²) in [6.07, 6.45) is 0. The number of halogens is 2. The Kier molecular flexibility index (Phi) is 5.68. The van der Waals surface area contributed by atoms with Gasteiger partial charge in [-0.05, 0) is 49.4 Å². The van der Waals surface area contributed by atoms with Crippen molar-refractivity contribution in [1.82, 2.24) is 5.32 Å². The summed E-state index contributed by atoms with van der Waals surface area (Å²) >= 11 is 9.54. The van der Waals surface area contributed by atoms with Crippen LogP contribution < -0.4 is 10.2 Å². The van der Waals surface area contributed by atoms with E-state index in [0.717, 1.165) is 16.0 Å².